The Morgan fingerprint density at radius 2 is 1.67 bits per heavy atom. The van der Waals surface area contributed by atoms with Crippen LogP contribution in [-0.4, -0.2) is 17.9 Å². The molecule has 0 saturated heterocycles. The van der Waals surface area contributed by atoms with Crippen molar-refractivity contribution in [2.45, 2.75) is 6.04 Å². The Balaban J connectivity index is 2.03. The second-order valence-electron chi connectivity index (χ2n) is 5.68. The lowest BCUT2D eigenvalue weighted by Crippen LogP contribution is -2.25. The molecule has 4 rings (SSSR count). The number of fused-ring (bicyclic) bond motifs is 2. The normalized spacial score (nSPS) is 16.7. The number of halogens is 2. The Kier molecular flexibility index (Phi) is 3.03. The van der Waals surface area contributed by atoms with Gasteiger partial charge in [-0.05, 0) is 35.9 Å². The Bertz CT molecular complexity index is 1040. The van der Waals surface area contributed by atoms with Gasteiger partial charge in [0.2, 0.25) is 5.76 Å². The van der Waals surface area contributed by atoms with E-state index in [9.17, 15) is 18.4 Å². The molecule has 1 aromatic heterocycles. The van der Waals surface area contributed by atoms with Gasteiger partial charge < -0.3 is 9.32 Å². The van der Waals surface area contributed by atoms with Gasteiger partial charge in [-0.15, -0.1) is 0 Å². The van der Waals surface area contributed by atoms with E-state index < -0.39 is 29.0 Å². The van der Waals surface area contributed by atoms with E-state index in [1.807, 2.05) is 0 Å². The monoisotopic (exact) mass is 327 g/mol. The summed E-state index contributed by atoms with van der Waals surface area (Å²) in [7, 11) is 1.54. The SMILES string of the molecule is CN1C(=O)c2oc3ccc(F)cc3c(=O)c2[C@@H]1c1ccc(F)cc1. The Hall–Kier alpha value is -3.02. The van der Waals surface area contributed by atoms with Crippen LogP contribution in [0.1, 0.15) is 27.7 Å². The largest absolute Gasteiger partial charge is 0.450 e. The van der Waals surface area contributed by atoms with E-state index in [1.165, 1.54) is 42.3 Å². The highest BCUT2D eigenvalue weighted by atomic mass is 19.1. The molecule has 1 atom stereocenters. The minimum absolute atomic E-state index is 0.0593. The second kappa shape index (κ2) is 4.99. The van der Waals surface area contributed by atoms with Crippen molar-refractivity contribution in [3.05, 3.63) is 81.2 Å². The number of carbonyl (C=O) groups excluding carboxylic acids is 1. The van der Waals surface area contributed by atoms with Gasteiger partial charge in [-0.3, -0.25) is 9.59 Å². The third-order valence-electron chi connectivity index (χ3n) is 4.25. The predicted molar refractivity (Wildman–Crippen MR) is 82.8 cm³/mol. The van der Waals surface area contributed by atoms with Crippen LogP contribution in [0.25, 0.3) is 11.0 Å². The average Bonchev–Trinajstić information content (AvgIpc) is 2.82. The molecular formula is C18H11F2NO3. The Morgan fingerprint density at radius 3 is 2.38 bits per heavy atom. The Morgan fingerprint density at radius 1 is 1.00 bits per heavy atom. The lowest BCUT2D eigenvalue weighted by Gasteiger charge is -2.20. The van der Waals surface area contributed by atoms with E-state index in [0.717, 1.165) is 12.1 Å². The van der Waals surface area contributed by atoms with Crippen LogP contribution in [-0.2, 0) is 0 Å². The van der Waals surface area contributed by atoms with Crippen LogP contribution in [0.2, 0.25) is 0 Å². The van der Waals surface area contributed by atoms with Crippen molar-refractivity contribution in [1.29, 1.82) is 0 Å². The fourth-order valence-electron chi connectivity index (χ4n) is 3.10. The van der Waals surface area contributed by atoms with Crippen molar-refractivity contribution in [2.24, 2.45) is 0 Å². The summed E-state index contributed by atoms with van der Waals surface area (Å²) >= 11 is 0. The number of carbonyl (C=O) groups is 1. The smallest absolute Gasteiger partial charge is 0.290 e. The maximum atomic E-state index is 13.5. The molecule has 1 aliphatic rings. The summed E-state index contributed by atoms with van der Waals surface area (Å²) in [6, 6.07) is 8.41. The lowest BCUT2D eigenvalue weighted by atomic mass is 9.99. The van der Waals surface area contributed by atoms with Gasteiger partial charge in [0.25, 0.3) is 5.91 Å². The van der Waals surface area contributed by atoms with Gasteiger partial charge in [0.1, 0.15) is 17.2 Å². The van der Waals surface area contributed by atoms with Crippen LogP contribution < -0.4 is 5.43 Å². The number of nitrogens with zero attached hydrogens (tertiary/aromatic N) is 1. The zero-order chi connectivity index (χ0) is 17.0. The van der Waals surface area contributed by atoms with Gasteiger partial charge in [-0.2, -0.15) is 0 Å². The molecule has 0 aliphatic carbocycles. The molecule has 1 amide bonds. The first-order valence-electron chi connectivity index (χ1n) is 7.26. The number of benzene rings is 2. The van der Waals surface area contributed by atoms with Crippen molar-refractivity contribution in [3.8, 4) is 0 Å². The standard InChI is InChI=1S/C18H11F2NO3/c1-21-15(9-2-4-10(19)5-3-9)14-16(22)12-8-11(20)6-7-13(12)24-17(14)18(21)23/h2-8,15H,1H3/t15-/m0/s1. The van der Waals surface area contributed by atoms with Crippen LogP contribution >= 0.6 is 0 Å². The summed E-state index contributed by atoms with van der Waals surface area (Å²) < 4.78 is 32.2. The van der Waals surface area contributed by atoms with Crippen molar-refractivity contribution in [2.75, 3.05) is 7.05 Å². The highest BCUT2D eigenvalue weighted by molar-refractivity contribution is 5.98. The maximum absolute atomic E-state index is 13.5. The van der Waals surface area contributed by atoms with E-state index in [0.29, 0.717) is 5.56 Å². The first-order valence-corrected chi connectivity index (χ1v) is 7.26. The molecule has 3 aromatic rings. The molecule has 0 fully saturated rings. The van der Waals surface area contributed by atoms with Crippen LogP contribution in [0.4, 0.5) is 8.78 Å². The molecule has 6 heteroatoms. The van der Waals surface area contributed by atoms with E-state index in [4.69, 9.17) is 4.42 Å². The molecule has 0 radical (unpaired) electrons. The predicted octanol–water partition coefficient (Wildman–Crippen LogP) is 3.25. The van der Waals surface area contributed by atoms with E-state index in [-0.39, 0.29) is 22.3 Å². The van der Waals surface area contributed by atoms with Crippen LogP contribution in [0, 0.1) is 11.6 Å². The quantitative estimate of drug-likeness (QED) is 0.689. The fraction of sp³-hybridized carbons (Fsp3) is 0.111. The summed E-state index contributed by atoms with van der Waals surface area (Å²) in [6.45, 7) is 0. The van der Waals surface area contributed by atoms with Crippen molar-refractivity contribution in [1.82, 2.24) is 4.90 Å². The van der Waals surface area contributed by atoms with Gasteiger partial charge in [0, 0.05) is 7.05 Å². The summed E-state index contributed by atoms with van der Waals surface area (Å²) in [5, 5.41) is 0.0731. The van der Waals surface area contributed by atoms with Crippen LogP contribution in [0.5, 0.6) is 0 Å². The molecule has 0 unspecified atom stereocenters. The molecule has 4 nitrogen and oxygen atoms in total. The fourth-order valence-corrected chi connectivity index (χ4v) is 3.10. The van der Waals surface area contributed by atoms with Crippen LogP contribution in [0.3, 0.4) is 0 Å². The van der Waals surface area contributed by atoms with Gasteiger partial charge in [0.15, 0.2) is 5.43 Å². The topological polar surface area (TPSA) is 50.5 Å². The summed E-state index contributed by atoms with van der Waals surface area (Å²) in [5.74, 6) is -1.48. The van der Waals surface area contributed by atoms with E-state index >= 15 is 0 Å². The van der Waals surface area contributed by atoms with Crippen LogP contribution in [0.15, 0.2) is 51.7 Å². The summed E-state index contributed by atoms with van der Waals surface area (Å²) in [6.07, 6.45) is 0. The molecule has 0 saturated carbocycles. The summed E-state index contributed by atoms with van der Waals surface area (Å²) in [4.78, 5) is 26.6. The highest BCUT2D eigenvalue weighted by Crippen LogP contribution is 2.36. The average molecular weight is 327 g/mol. The molecule has 0 bridgehead atoms. The molecule has 0 N–H and O–H groups in total. The molecule has 1 aliphatic heterocycles. The minimum Gasteiger partial charge on any atom is -0.450 e. The minimum atomic E-state index is -0.697. The molecule has 2 aromatic carbocycles. The second-order valence-corrected chi connectivity index (χ2v) is 5.68. The zero-order valence-corrected chi connectivity index (χ0v) is 12.5. The van der Waals surface area contributed by atoms with Gasteiger partial charge in [0.05, 0.1) is 17.0 Å². The number of hydrogen-bond donors (Lipinski definition) is 0. The molecule has 0 spiro atoms. The first-order chi connectivity index (χ1) is 11.5. The van der Waals surface area contributed by atoms with E-state index in [1.54, 1.807) is 0 Å². The van der Waals surface area contributed by atoms with Gasteiger partial charge >= 0.3 is 0 Å². The Labute approximate surface area is 134 Å². The number of rotatable bonds is 1. The van der Waals surface area contributed by atoms with Crippen molar-refractivity contribution >= 4 is 16.9 Å². The highest BCUT2D eigenvalue weighted by Gasteiger charge is 2.40. The maximum Gasteiger partial charge on any atom is 0.290 e. The zero-order valence-electron chi connectivity index (χ0n) is 12.5. The molecule has 2 heterocycles. The molecular weight excluding hydrogens is 316 g/mol. The van der Waals surface area contributed by atoms with Crippen molar-refractivity contribution in [3.63, 3.8) is 0 Å². The number of amides is 1. The van der Waals surface area contributed by atoms with Gasteiger partial charge in [-0.25, -0.2) is 8.78 Å². The molecule has 120 valence electrons. The summed E-state index contributed by atoms with van der Waals surface area (Å²) in [5.41, 5.74) is 0.417. The number of hydrogen-bond acceptors (Lipinski definition) is 3. The first kappa shape index (κ1) is 14.6. The third kappa shape index (κ3) is 1.96. The van der Waals surface area contributed by atoms with E-state index in [2.05, 4.69) is 0 Å². The lowest BCUT2D eigenvalue weighted by molar-refractivity contribution is 0.0771. The van der Waals surface area contributed by atoms with Crippen molar-refractivity contribution < 1.29 is 18.0 Å². The molecule has 24 heavy (non-hydrogen) atoms. The third-order valence-corrected chi connectivity index (χ3v) is 4.25. The van der Waals surface area contributed by atoms with Gasteiger partial charge in [-0.1, -0.05) is 12.1 Å².